The quantitative estimate of drug-likeness (QED) is 0.484. The van der Waals surface area contributed by atoms with Gasteiger partial charge in [0.25, 0.3) is 11.5 Å². The van der Waals surface area contributed by atoms with E-state index in [4.69, 9.17) is 11.6 Å². The summed E-state index contributed by atoms with van der Waals surface area (Å²) in [5, 5.41) is 3.50. The summed E-state index contributed by atoms with van der Waals surface area (Å²) in [5.74, 6) is -0.413. The van der Waals surface area contributed by atoms with E-state index in [0.717, 1.165) is 11.1 Å². The lowest BCUT2D eigenvalue weighted by Gasteiger charge is -2.13. The van der Waals surface area contributed by atoms with Crippen molar-refractivity contribution in [3.05, 3.63) is 103 Å². The summed E-state index contributed by atoms with van der Waals surface area (Å²) in [6.45, 7) is 3.87. The molecule has 7 nitrogen and oxygen atoms in total. The van der Waals surface area contributed by atoms with Crippen molar-refractivity contribution >= 4 is 34.2 Å². The lowest BCUT2D eigenvalue weighted by Crippen LogP contribution is -2.32. The van der Waals surface area contributed by atoms with E-state index >= 15 is 0 Å². The fourth-order valence-corrected chi connectivity index (χ4v) is 3.71. The molecular weight excluding hydrogens is 428 g/mol. The van der Waals surface area contributed by atoms with Crippen LogP contribution in [0, 0.1) is 13.8 Å². The maximum Gasteiger partial charge on any atom is 0.330 e. The topological polar surface area (TPSA) is 96.9 Å². The Labute approximate surface area is 188 Å². The summed E-state index contributed by atoms with van der Waals surface area (Å²) >= 11 is 6.04. The number of halogens is 1. The summed E-state index contributed by atoms with van der Waals surface area (Å²) in [6, 6.07) is 16.4. The number of benzene rings is 2. The zero-order valence-electron chi connectivity index (χ0n) is 17.6. The summed E-state index contributed by atoms with van der Waals surface area (Å²) in [6.07, 6.45) is 0.596. The van der Waals surface area contributed by atoms with Gasteiger partial charge >= 0.3 is 5.69 Å². The van der Waals surface area contributed by atoms with Gasteiger partial charge in [0.15, 0.2) is 0 Å². The molecule has 0 aliphatic heterocycles. The average Bonchev–Trinajstić information content (AvgIpc) is 2.76. The number of anilines is 1. The van der Waals surface area contributed by atoms with Gasteiger partial charge in [0, 0.05) is 17.3 Å². The Morgan fingerprint density at radius 1 is 1.09 bits per heavy atom. The first-order valence-corrected chi connectivity index (χ1v) is 10.5. The highest BCUT2D eigenvalue weighted by atomic mass is 35.5. The van der Waals surface area contributed by atoms with Gasteiger partial charge in [-0.05, 0) is 49.6 Å². The Hall–Kier alpha value is -3.71. The number of nitrogens with one attached hydrogen (secondary N) is 2. The number of hydrogen-bond acceptors (Lipinski definition) is 4. The average molecular weight is 449 g/mol. The van der Waals surface area contributed by atoms with Gasteiger partial charge < -0.3 is 5.32 Å². The molecule has 0 aliphatic carbocycles. The van der Waals surface area contributed by atoms with E-state index in [1.807, 2.05) is 37.3 Å². The molecule has 0 aliphatic rings. The predicted octanol–water partition coefficient (Wildman–Crippen LogP) is 3.85. The first-order chi connectivity index (χ1) is 15.3. The Kier molecular flexibility index (Phi) is 5.92. The van der Waals surface area contributed by atoms with E-state index in [9.17, 15) is 14.4 Å². The number of carbonyl (C=O) groups is 1. The number of aromatic amines is 1. The number of aryl methyl sites for hydroxylation is 4. The van der Waals surface area contributed by atoms with Crippen molar-refractivity contribution < 1.29 is 4.79 Å². The first kappa shape index (κ1) is 21.5. The minimum atomic E-state index is -0.582. The molecule has 162 valence electrons. The lowest BCUT2D eigenvalue weighted by atomic mass is 10.1. The van der Waals surface area contributed by atoms with Gasteiger partial charge in [0.05, 0.1) is 16.6 Å². The molecule has 0 unspecified atom stereocenters. The molecule has 2 aromatic carbocycles. The van der Waals surface area contributed by atoms with Crippen molar-refractivity contribution in [2.24, 2.45) is 0 Å². The minimum Gasteiger partial charge on any atom is -0.322 e. The van der Waals surface area contributed by atoms with Crippen molar-refractivity contribution in [3.63, 3.8) is 0 Å². The molecule has 8 heteroatoms. The van der Waals surface area contributed by atoms with E-state index in [-0.39, 0.29) is 16.6 Å². The Morgan fingerprint density at radius 2 is 1.84 bits per heavy atom. The number of nitrogens with zero attached hydrogens (tertiary/aromatic N) is 2. The third-order valence-corrected chi connectivity index (χ3v) is 5.55. The maximum atomic E-state index is 12.9. The largest absolute Gasteiger partial charge is 0.330 e. The molecule has 4 rings (SSSR count). The minimum absolute atomic E-state index is 0.177. The highest BCUT2D eigenvalue weighted by molar-refractivity contribution is 6.31. The number of fused-ring (bicyclic) bond motifs is 1. The van der Waals surface area contributed by atoms with Crippen LogP contribution in [-0.4, -0.2) is 20.4 Å². The molecule has 32 heavy (non-hydrogen) atoms. The molecule has 0 fully saturated rings. The third kappa shape index (κ3) is 4.33. The molecule has 0 saturated carbocycles. The van der Waals surface area contributed by atoms with E-state index in [1.54, 1.807) is 25.1 Å². The summed E-state index contributed by atoms with van der Waals surface area (Å²) in [7, 11) is 0. The Morgan fingerprint density at radius 3 is 2.59 bits per heavy atom. The number of pyridine rings is 1. The number of rotatable bonds is 5. The van der Waals surface area contributed by atoms with Crippen LogP contribution in [0.25, 0.3) is 11.0 Å². The van der Waals surface area contributed by atoms with Crippen LogP contribution in [-0.2, 0) is 13.0 Å². The molecule has 0 spiro atoms. The molecule has 2 N–H and O–H groups in total. The Balaban J connectivity index is 1.73. The number of H-pyrrole nitrogens is 1. The van der Waals surface area contributed by atoms with Crippen molar-refractivity contribution in [3.8, 4) is 0 Å². The monoisotopic (exact) mass is 448 g/mol. The fourth-order valence-electron chi connectivity index (χ4n) is 3.54. The van der Waals surface area contributed by atoms with Crippen LogP contribution >= 0.6 is 11.6 Å². The molecule has 4 aromatic rings. The maximum absolute atomic E-state index is 12.9. The zero-order valence-corrected chi connectivity index (χ0v) is 18.4. The standard InChI is InChI=1S/C24H21ClN4O3/c1-14-8-9-17(25)12-20(14)27-22(30)18-13-19-21(26-15(18)2)29(24(32)28-23(19)31)11-10-16-6-4-3-5-7-16/h3-9,12-13H,10-11H2,1-2H3,(H,27,30)(H,28,31,32). The van der Waals surface area contributed by atoms with Crippen molar-refractivity contribution in [2.45, 2.75) is 26.8 Å². The van der Waals surface area contributed by atoms with Gasteiger partial charge in [-0.25, -0.2) is 9.78 Å². The first-order valence-electron chi connectivity index (χ1n) is 10.1. The van der Waals surface area contributed by atoms with Gasteiger partial charge in [0.2, 0.25) is 0 Å². The van der Waals surface area contributed by atoms with Crippen LogP contribution in [0.2, 0.25) is 5.02 Å². The van der Waals surface area contributed by atoms with E-state index in [2.05, 4.69) is 15.3 Å². The molecule has 0 radical (unpaired) electrons. The lowest BCUT2D eigenvalue weighted by molar-refractivity contribution is 0.102. The fraction of sp³-hybridized carbons (Fsp3) is 0.167. The second-order valence-corrected chi connectivity index (χ2v) is 7.99. The molecule has 2 heterocycles. The van der Waals surface area contributed by atoms with E-state index in [1.165, 1.54) is 10.6 Å². The summed E-state index contributed by atoms with van der Waals surface area (Å²) in [4.78, 5) is 44.7. The second kappa shape index (κ2) is 8.80. The molecule has 1 amide bonds. The molecule has 0 saturated heterocycles. The molecule has 2 aromatic heterocycles. The van der Waals surface area contributed by atoms with Gasteiger partial charge in [-0.3, -0.25) is 19.1 Å². The molecule has 0 atom stereocenters. The van der Waals surface area contributed by atoms with Crippen molar-refractivity contribution in [1.82, 2.24) is 14.5 Å². The van der Waals surface area contributed by atoms with Crippen LogP contribution in [0.3, 0.4) is 0 Å². The third-order valence-electron chi connectivity index (χ3n) is 5.32. The smallest absolute Gasteiger partial charge is 0.322 e. The number of amides is 1. The van der Waals surface area contributed by atoms with Crippen LogP contribution in [0.4, 0.5) is 5.69 Å². The van der Waals surface area contributed by atoms with Crippen molar-refractivity contribution in [1.29, 1.82) is 0 Å². The SMILES string of the molecule is Cc1ccc(Cl)cc1NC(=O)c1cc2c(=O)[nH]c(=O)n(CCc3ccccc3)c2nc1C. The number of hydrogen-bond donors (Lipinski definition) is 2. The van der Waals surface area contributed by atoms with Gasteiger partial charge in [0.1, 0.15) is 5.65 Å². The van der Waals surface area contributed by atoms with Crippen molar-refractivity contribution in [2.75, 3.05) is 5.32 Å². The van der Waals surface area contributed by atoms with Crippen LogP contribution < -0.4 is 16.6 Å². The summed E-state index contributed by atoms with van der Waals surface area (Å²) in [5.41, 5.74) is 2.28. The number of aromatic nitrogens is 3. The Bertz CT molecular complexity index is 1440. The highest BCUT2D eigenvalue weighted by Gasteiger charge is 2.17. The molecule has 0 bridgehead atoms. The van der Waals surface area contributed by atoms with Crippen LogP contribution in [0.5, 0.6) is 0 Å². The van der Waals surface area contributed by atoms with Gasteiger partial charge in [-0.2, -0.15) is 0 Å². The van der Waals surface area contributed by atoms with Gasteiger partial charge in [-0.15, -0.1) is 0 Å². The van der Waals surface area contributed by atoms with Crippen LogP contribution in [0.15, 0.2) is 64.2 Å². The summed E-state index contributed by atoms with van der Waals surface area (Å²) < 4.78 is 1.43. The molecular formula is C24H21ClN4O3. The predicted molar refractivity (Wildman–Crippen MR) is 126 cm³/mol. The number of carbonyl (C=O) groups excluding carboxylic acids is 1. The van der Waals surface area contributed by atoms with Gasteiger partial charge in [-0.1, -0.05) is 48.0 Å². The zero-order chi connectivity index (χ0) is 22.8. The normalized spacial score (nSPS) is 11.0. The second-order valence-electron chi connectivity index (χ2n) is 7.55. The van der Waals surface area contributed by atoms with Crippen LogP contribution in [0.1, 0.15) is 27.2 Å². The van der Waals surface area contributed by atoms with E-state index in [0.29, 0.717) is 29.4 Å². The van der Waals surface area contributed by atoms with E-state index < -0.39 is 17.2 Å². The highest BCUT2D eigenvalue weighted by Crippen LogP contribution is 2.22.